The molecule has 0 atom stereocenters. The molecule has 0 aliphatic carbocycles. The molecule has 1 amide bonds. The molecule has 1 aromatic heterocycles. The summed E-state index contributed by atoms with van der Waals surface area (Å²) in [6, 6.07) is 9.67. The average Bonchev–Trinajstić information content (AvgIpc) is 3.19. The summed E-state index contributed by atoms with van der Waals surface area (Å²) in [6.07, 6.45) is 2.85. The van der Waals surface area contributed by atoms with Gasteiger partial charge in [-0.15, -0.1) is 11.3 Å². The Morgan fingerprint density at radius 3 is 2.57 bits per heavy atom. The molecule has 0 saturated carbocycles. The molecule has 0 unspecified atom stereocenters. The fraction of sp³-hybridized carbons (Fsp3) is 0.263. The van der Waals surface area contributed by atoms with Crippen LogP contribution in [0.25, 0.3) is 6.08 Å². The van der Waals surface area contributed by atoms with Crippen LogP contribution in [-0.2, 0) is 24.3 Å². The summed E-state index contributed by atoms with van der Waals surface area (Å²) in [5.41, 5.74) is 0.309. The molecular formula is C19H22N2O5S2. The smallest absolute Gasteiger partial charge is 0.331 e. The number of nitrogens with zero attached hydrogens (tertiary/aromatic N) is 1. The van der Waals surface area contributed by atoms with Crippen molar-refractivity contribution in [3.05, 3.63) is 52.7 Å². The first-order chi connectivity index (χ1) is 13.4. The van der Waals surface area contributed by atoms with Crippen molar-refractivity contribution in [1.29, 1.82) is 0 Å². The topological polar surface area (TPSA) is 92.8 Å². The second-order valence-electron chi connectivity index (χ2n) is 5.62. The SMILES string of the molecule is CCN(CC)S(=O)(=O)c1cccc(NC(=O)COC(=O)/C=C/c2cccs2)c1. The van der Waals surface area contributed by atoms with Crippen LogP contribution in [0, 0.1) is 0 Å². The van der Waals surface area contributed by atoms with Gasteiger partial charge in [-0.1, -0.05) is 26.0 Å². The number of esters is 1. The van der Waals surface area contributed by atoms with Crippen LogP contribution in [0.5, 0.6) is 0 Å². The summed E-state index contributed by atoms with van der Waals surface area (Å²) >= 11 is 1.47. The van der Waals surface area contributed by atoms with Crippen molar-refractivity contribution in [3.63, 3.8) is 0 Å². The van der Waals surface area contributed by atoms with E-state index in [0.29, 0.717) is 18.8 Å². The summed E-state index contributed by atoms with van der Waals surface area (Å²) in [7, 11) is -3.63. The maximum Gasteiger partial charge on any atom is 0.331 e. The third kappa shape index (κ3) is 6.01. The molecule has 0 saturated heterocycles. The van der Waals surface area contributed by atoms with Gasteiger partial charge in [-0.25, -0.2) is 13.2 Å². The molecule has 150 valence electrons. The zero-order valence-corrected chi connectivity index (χ0v) is 17.3. The van der Waals surface area contributed by atoms with Crippen molar-refractivity contribution in [2.24, 2.45) is 0 Å². The van der Waals surface area contributed by atoms with E-state index >= 15 is 0 Å². The van der Waals surface area contributed by atoms with Crippen LogP contribution in [0.15, 0.2) is 52.7 Å². The lowest BCUT2D eigenvalue weighted by molar-refractivity contribution is -0.142. The monoisotopic (exact) mass is 422 g/mol. The first kappa shape index (κ1) is 21.8. The maximum atomic E-state index is 12.6. The molecule has 2 aromatic rings. The first-order valence-electron chi connectivity index (χ1n) is 8.65. The van der Waals surface area contributed by atoms with E-state index < -0.39 is 28.5 Å². The molecule has 1 N–H and O–H groups in total. The van der Waals surface area contributed by atoms with E-state index in [1.807, 2.05) is 17.5 Å². The number of ether oxygens (including phenoxy) is 1. The van der Waals surface area contributed by atoms with E-state index in [-0.39, 0.29) is 4.90 Å². The number of amides is 1. The van der Waals surface area contributed by atoms with Crippen LogP contribution < -0.4 is 5.32 Å². The van der Waals surface area contributed by atoms with Gasteiger partial charge in [-0.05, 0) is 35.7 Å². The molecule has 7 nitrogen and oxygen atoms in total. The zero-order valence-electron chi connectivity index (χ0n) is 15.6. The van der Waals surface area contributed by atoms with Gasteiger partial charge in [0, 0.05) is 29.7 Å². The summed E-state index contributed by atoms with van der Waals surface area (Å²) in [6.45, 7) is 3.75. The van der Waals surface area contributed by atoms with Crippen molar-refractivity contribution in [2.75, 3.05) is 25.0 Å². The number of benzene rings is 1. The van der Waals surface area contributed by atoms with Crippen LogP contribution >= 0.6 is 11.3 Å². The highest BCUT2D eigenvalue weighted by Crippen LogP contribution is 2.19. The Hall–Kier alpha value is -2.49. The number of rotatable bonds is 9. The molecule has 1 aromatic carbocycles. The highest BCUT2D eigenvalue weighted by atomic mass is 32.2. The normalized spacial score (nSPS) is 11.7. The lowest BCUT2D eigenvalue weighted by Gasteiger charge is -2.18. The Morgan fingerprint density at radius 1 is 1.18 bits per heavy atom. The van der Waals surface area contributed by atoms with Gasteiger partial charge in [-0.2, -0.15) is 4.31 Å². The Bertz CT molecular complexity index is 933. The highest BCUT2D eigenvalue weighted by Gasteiger charge is 2.21. The van der Waals surface area contributed by atoms with Gasteiger partial charge in [0.1, 0.15) is 0 Å². The minimum Gasteiger partial charge on any atom is -0.452 e. The van der Waals surface area contributed by atoms with Crippen molar-refractivity contribution < 1.29 is 22.7 Å². The Balaban J connectivity index is 1.94. The minimum absolute atomic E-state index is 0.0878. The number of anilines is 1. The molecule has 0 fully saturated rings. The maximum absolute atomic E-state index is 12.6. The molecular weight excluding hydrogens is 400 g/mol. The number of sulfonamides is 1. The number of hydrogen-bond donors (Lipinski definition) is 1. The summed E-state index contributed by atoms with van der Waals surface area (Å²) in [4.78, 5) is 24.6. The number of carbonyl (C=O) groups is 2. The Labute approximate surface area is 168 Å². The van der Waals surface area contributed by atoms with Gasteiger partial charge in [0.05, 0.1) is 4.90 Å². The van der Waals surface area contributed by atoms with Crippen LogP contribution in [0.1, 0.15) is 18.7 Å². The van der Waals surface area contributed by atoms with Gasteiger partial charge < -0.3 is 10.1 Å². The first-order valence-corrected chi connectivity index (χ1v) is 11.0. The van der Waals surface area contributed by atoms with Crippen molar-refractivity contribution in [1.82, 2.24) is 4.31 Å². The quantitative estimate of drug-likeness (QED) is 0.495. The number of nitrogens with one attached hydrogen (secondary N) is 1. The molecule has 9 heteroatoms. The third-order valence-corrected chi connectivity index (χ3v) is 6.62. The van der Waals surface area contributed by atoms with Crippen molar-refractivity contribution in [3.8, 4) is 0 Å². The lowest BCUT2D eigenvalue weighted by Crippen LogP contribution is -2.30. The molecule has 0 bridgehead atoms. The van der Waals surface area contributed by atoms with E-state index in [1.165, 1.54) is 33.9 Å². The average molecular weight is 423 g/mol. The van der Waals surface area contributed by atoms with Crippen LogP contribution in [0.4, 0.5) is 5.69 Å². The second kappa shape index (κ2) is 10.2. The fourth-order valence-corrected chi connectivity index (χ4v) is 4.49. The minimum atomic E-state index is -3.63. The molecule has 1 heterocycles. The second-order valence-corrected chi connectivity index (χ2v) is 8.54. The van der Waals surface area contributed by atoms with Gasteiger partial charge >= 0.3 is 5.97 Å². The molecule has 28 heavy (non-hydrogen) atoms. The standard InChI is InChI=1S/C19H22N2O5S2/c1-3-21(4-2)28(24,25)17-9-5-7-15(13-17)20-18(22)14-26-19(23)11-10-16-8-6-12-27-16/h5-13H,3-4,14H2,1-2H3,(H,20,22)/b11-10+. The van der Waals surface area contributed by atoms with E-state index in [0.717, 1.165) is 4.88 Å². The van der Waals surface area contributed by atoms with Gasteiger partial charge in [-0.3, -0.25) is 4.79 Å². The third-order valence-electron chi connectivity index (χ3n) is 3.73. The van der Waals surface area contributed by atoms with Gasteiger partial charge in [0.2, 0.25) is 10.0 Å². The number of thiophene rings is 1. The van der Waals surface area contributed by atoms with Crippen LogP contribution in [0.2, 0.25) is 0 Å². The predicted molar refractivity (Wildman–Crippen MR) is 109 cm³/mol. The predicted octanol–water partition coefficient (Wildman–Crippen LogP) is 2.97. The van der Waals surface area contributed by atoms with E-state index in [1.54, 1.807) is 32.1 Å². The summed E-state index contributed by atoms with van der Waals surface area (Å²) in [5, 5.41) is 4.42. The van der Waals surface area contributed by atoms with Gasteiger partial charge in [0.25, 0.3) is 5.91 Å². The summed E-state index contributed by atoms with van der Waals surface area (Å²) < 4.78 is 31.3. The van der Waals surface area contributed by atoms with Crippen molar-refractivity contribution in [2.45, 2.75) is 18.7 Å². The molecule has 0 spiro atoms. The lowest BCUT2D eigenvalue weighted by atomic mass is 10.3. The Kier molecular flexibility index (Phi) is 7.91. The van der Waals surface area contributed by atoms with Gasteiger partial charge in [0.15, 0.2) is 6.61 Å². The van der Waals surface area contributed by atoms with Crippen LogP contribution in [0.3, 0.4) is 0 Å². The Morgan fingerprint density at radius 2 is 1.93 bits per heavy atom. The van der Waals surface area contributed by atoms with E-state index in [4.69, 9.17) is 4.74 Å². The number of carbonyl (C=O) groups excluding carboxylic acids is 2. The van der Waals surface area contributed by atoms with E-state index in [2.05, 4.69) is 5.32 Å². The van der Waals surface area contributed by atoms with Crippen molar-refractivity contribution >= 4 is 45.0 Å². The largest absolute Gasteiger partial charge is 0.452 e. The number of hydrogen-bond acceptors (Lipinski definition) is 6. The zero-order chi connectivity index (χ0) is 20.6. The van der Waals surface area contributed by atoms with E-state index in [9.17, 15) is 18.0 Å². The molecule has 2 rings (SSSR count). The van der Waals surface area contributed by atoms with Crippen LogP contribution in [-0.4, -0.2) is 44.3 Å². The summed E-state index contributed by atoms with van der Waals surface area (Å²) in [5.74, 6) is -1.20. The highest BCUT2D eigenvalue weighted by molar-refractivity contribution is 7.89. The molecule has 0 aliphatic heterocycles. The molecule has 0 aliphatic rings. The molecule has 0 radical (unpaired) electrons. The fourth-order valence-electron chi connectivity index (χ4n) is 2.37.